The number of hydrogen-bond donors (Lipinski definition) is 0. The van der Waals surface area contributed by atoms with Gasteiger partial charge in [-0.05, 0) is 38.5 Å². The Bertz CT molecular complexity index is 866. The molecule has 0 N–H and O–H groups in total. The molecule has 1 amide bonds. The second-order valence-electron chi connectivity index (χ2n) is 6.56. The van der Waals surface area contributed by atoms with Gasteiger partial charge in [0.2, 0.25) is 0 Å². The first kappa shape index (κ1) is 17.3. The van der Waals surface area contributed by atoms with E-state index in [0.29, 0.717) is 23.3 Å². The van der Waals surface area contributed by atoms with Gasteiger partial charge in [-0.1, -0.05) is 25.5 Å². The van der Waals surface area contributed by atoms with Gasteiger partial charge in [0.1, 0.15) is 16.9 Å². The van der Waals surface area contributed by atoms with Gasteiger partial charge in [0.25, 0.3) is 5.91 Å². The number of rotatable bonds is 5. The fourth-order valence-electron chi connectivity index (χ4n) is 3.09. The molecule has 5 nitrogen and oxygen atoms in total. The van der Waals surface area contributed by atoms with E-state index in [0.717, 1.165) is 12.8 Å². The van der Waals surface area contributed by atoms with Crippen LogP contribution in [0.5, 0.6) is 5.75 Å². The lowest BCUT2D eigenvalue weighted by Crippen LogP contribution is -2.38. The molecule has 1 aromatic carbocycles. The summed E-state index contributed by atoms with van der Waals surface area (Å²) < 4.78 is 11.0. The number of ether oxygens (including phenoxy) is 1. The first-order valence-electron chi connectivity index (χ1n) is 8.71. The Morgan fingerprint density at radius 3 is 2.88 bits per heavy atom. The van der Waals surface area contributed by atoms with Crippen molar-refractivity contribution in [1.82, 2.24) is 4.90 Å². The Morgan fingerprint density at radius 1 is 1.36 bits per heavy atom. The minimum atomic E-state index is -0.610. The maximum atomic E-state index is 12.8. The maximum absolute atomic E-state index is 12.8. The van der Waals surface area contributed by atoms with E-state index in [1.54, 1.807) is 23.1 Å². The van der Waals surface area contributed by atoms with Crippen molar-refractivity contribution >= 4 is 16.9 Å². The van der Waals surface area contributed by atoms with Gasteiger partial charge in [-0.15, -0.1) is 0 Å². The first-order valence-corrected chi connectivity index (χ1v) is 8.71. The molecular formula is C20H23NO4. The van der Waals surface area contributed by atoms with E-state index < -0.39 is 5.63 Å². The van der Waals surface area contributed by atoms with Crippen LogP contribution in [0, 0.1) is 0 Å². The summed E-state index contributed by atoms with van der Waals surface area (Å²) in [4.78, 5) is 26.9. The van der Waals surface area contributed by atoms with E-state index in [2.05, 4.69) is 6.92 Å². The molecule has 0 spiro atoms. The zero-order chi connectivity index (χ0) is 18.0. The number of carbonyl (C=O) groups is 1. The standard InChI is InChI=1S/C20H23NO4/c1-4-6-15-7-5-10-21(15)19(22)17-11-14-8-9-16(24-13(2)3)12-18(14)25-20(17)23/h5,7-9,11-13,15H,4,6,10H2,1-3H3. The maximum Gasteiger partial charge on any atom is 0.349 e. The van der Waals surface area contributed by atoms with Crippen LogP contribution in [0.25, 0.3) is 11.0 Å². The molecule has 1 aliphatic heterocycles. The lowest BCUT2D eigenvalue weighted by molar-refractivity contribution is 0.0740. The Morgan fingerprint density at radius 2 is 2.16 bits per heavy atom. The van der Waals surface area contributed by atoms with Crippen LogP contribution in [0.15, 0.2) is 45.6 Å². The highest BCUT2D eigenvalue weighted by Gasteiger charge is 2.27. The molecule has 132 valence electrons. The molecular weight excluding hydrogens is 318 g/mol. The van der Waals surface area contributed by atoms with Crippen molar-refractivity contribution in [3.05, 3.63) is 52.4 Å². The normalized spacial score (nSPS) is 16.8. The van der Waals surface area contributed by atoms with Gasteiger partial charge in [-0.3, -0.25) is 4.79 Å². The molecule has 2 heterocycles. The largest absolute Gasteiger partial charge is 0.491 e. The molecule has 2 aromatic rings. The predicted octanol–water partition coefficient (Wildman–Crippen LogP) is 3.76. The third-order valence-corrected chi connectivity index (χ3v) is 4.22. The lowest BCUT2D eigenvalue weighted by atomic mass is 10.1. The van der Waals surface area contributed by atoms with E-state index in [-0.39, 0.29) is 23.6 Å². The highest BCUT2D eigenvalue weighted by atomic mass is 16.5. The van der Waals surface area contributed by atoms with Crippen molar-refractivity contribution in [1.29, 1.82) is 0 Å². The number of benzene rings is 1. The Balaban J connectivity index is 1.93. The van der Waals surface area contributed by atoms with Gasteiger partial charge in [0.05, 0.1) is 12.1 Å². The van der Waals surface area contributed by atoms with Crippen LogP contribution in [-0.2, 0) is 0 Å². The van der Waals surface area contributed by atoms with E-state index in [1.807, 2.05) is 32.1 Å². The average molecular weight is 341 g/mol. The van der Waals surface area contributed by atoms with Crippen molar-refractivity contribution in [2.24, 2.45) is 0 Å². The molecule has 0 aliphatic carbocycles. The quantitative estimate of drug-likeness (QED) is 0.614. The smallest absolute Gasteiger partial charge is 0.349 e. The molecule has 5 heteroatoms. The molecule has 0 fully saturated rings. The molecule has 0 saturated heterocycles. The predicted molar refractivity (Wildman–Crippen MR) is 97.1 cm³/mol. The average Bonchev–Trinajstić information content (AvgIpc) is 3.01. The van der Waals surface area contributed by atoms with Crippen molar-refractivity contribution < 1.29 is 13.9 Å². The minimum absolute atomic E-state index is 0.0307. The van der Waals surface area contributed by atoms with Gasteiger partial charge in [-0.2, -0.15) is 0 Å². The minimum Gasteiger partial charge on any atom is -0.491 e. The lowest BCUT2D eigenvalue weighted by Gasteiger charge is -2.24. The highest BCUT2D eigenvalue weighted by molar-refractivity contribution is 5.97. The Hall–Kier alpha value is -2.56. The van der Waals surface area contributed by atoms with Crippen molar-refractivity contribution in [2.45, 2.75) is 45.8 Å². The van der Waals surface area contributed by atoms with Gasteiger partial charge in [0, 0.05) is 18.0 Å². The summed E-state index contributed by atoms with van der Waals surface area (Å²) in [7, 11) is 0. The zero-order valence-electron chi connectivity index (χ0n) is 14.8. The molecule has 1 atom stereocenters. The van der Waals surface area contributed by atoms with Crippen LogP contribution < -0.4 is 10.4 Å². The molecule has 3 rings (SSSR count). The van der Waals surface area contributed by atoms with Gasteiger partial charge in [0.15, 0.2) is 0 Å². The fourth-order valence-corrected chi connectivity index (χ4v) is 3.09. The summed E-state index contributed by atoms with van der Waals surface area (Å²) in [5.74, 6) is 0.359. The molecule has 25 heavy (non-hydrogen) atoms. The number of hydrogen-bond acceptors (Lipinski definition) is 4. The van der Waals surface area contributed by atoms with Gasteiger partial charge < -0.3 is 14.1 Å². The third-order valence-electron chi connectivity index (χ3n) is 4.22. The molecule has 0 saturated carbocycles. The van der Waals surface area contributed by atoms with Crippen LogP contribution in [0.4, 0.5) is 0 Å². The summed E-state index contributed by atoms with van der Waals surface area (Å²) in [5.41, 5.74) is -0.111. The summed E-state index contributed by atoms with van der Waals surface area (Å²) >= 11 is 0. The van der Waals surface area contributed by atoms with E-state index >= 15 is 0 Å². The monoisotopic (exact) mass is 341 g/mol. The first-order chi connectivity index (χ1) is 12.0. The summed E-state index contributed by atoms with van der Waals surface area (Å²) in [6.07, 6.45) is 5.89. The van der Waals surface area contributed by atoms with Gasteiger partial charge >= 0.3 is 5.63 Å². The number of nitrogens with zero attached hydrogens (tertiary/aromatic N) is 1. The summed E-state index contributed by atoms with van der Waals surface area (Å²) in [5, 5.41) is 0.707. The Kier molecular flexibility index (Phi) is 4.93. The fraction of sp³-hybridized carbons (Fsp3) is 0.400. The topological polar surface area (TPSA) is 59.8 Å². The second kappa shape index (κ2) is 7.13. The van der Waals surface area contributed by atoms with Crippen LogP contribution in [0.2, 0.25) is 0 Å². The number of amides is 1. The van der Waals surface area contributed by atoms with Crippen molar-refractivity contribution in [3.8, 4) is 5.75 Å². The second-order valence-corrected chi connectivity index (χ2v) is 6.56. The van der Waals surface area contributed by atoms with Crippen LogP contribution in [0.3, 0.4) is 0 Å². The highest BCUT2D eigenvalue weighted by Crippen LogP contribution is 2.23. The molecule has 0 bridgehead atoms. The summed E-state index contributed by atoms with van der Waals surface area (Å²) in [6.45, 7) is 6.47. The molecule has 0 radical (unpaired) electrons. The molecule has 1 unspecified atom stereocenters. The van der Waals surface area contributed by atoms with Crippen LogP contribution >= 0.6 is 0 Å². The number of carbonyl (C=O) groups excluding carboxylic acids is 1. The van der Waals surface area contributed by atoms with Crippen molar-refractivity contribution in [3.63, 3.8) is 0 Å². The van der Waals surface area contributed by atoms with E-state index in [1.165, 1.54) is 0 Å². The van der Waals surface area contributed by atoms with E-state index in [9.17, 15) is 9.59 Å². The molecule has 1 aromatic heterocycles. The third kappa shape index (κ3) is 3.60. The van der Waals surface area contributed by atoms with Crippen molar-refractivity contribution in [2.75, 3.05) is 6.54 Å². The van der Waals surface area contributed by atoms with E-state index in [4.69, 9.17) is 9.15 Å². The zero-order valence-corrected chi connectivity index (χ0v) is 14.8. The molecule has 1 aliphatic rings. The SMILES string of the molecule is CCCC1C=CCN1C(=O)c1cc2ccc(OC(C)C)cc2oc1=O. The van der Waals surface area contributed by atoms with Crippen LogP contribution in [0.1, 0.15) is 44.0 Å². The number of fused-ring (bicyclic) bond motifs is 1. The van der Waals surface area contributed by atoms with Gasteiger partial charge in [-0.25, -0.2) is 4.79 Å². The summed E-state index contributed by atoms with van der Waals surface area (Å²) in [6, 6.07) is 6.97. The Labute approximate surface area is 146 Å². The van der Waals surface area contributed by atoms with Crippen LogP contribution in [-0.4, -0.2) is 29.5 Å².